The van der Waals surface area contributed by atoms with Gasteiger partial charge in [0.25, 0.3) is 0 Å². The molecule has 1 aliphatic carbocycles. The van der Waals surface area contributed by atoms with Gasteiger partial charge in [-0.3, -0.25) is 5.10 Å². The summed E-state index contributed by atoms with van der Waals surface area (Å²) in [7, 11) is -3.53. The highest BCUT2D eigenvalue weighted by molar-refractivity contribution is 7.89. The van der Waals surface area contributed by atoms with Gasteiger partial charge in [0.2, 0.25) is 10.0 Å². The Morgan fingerprint density at radius 2 is 2.36 bits per heavy atom. The summed E-state index contributed by atoms with van der Waals surface area (Å²) in [6.45, 7) is -0.163. The van der Waals surface area contributed by atoms with E-state index in [2.05, 4.69) is 14.9 Å². The van der Waals surface area contributed by atoms with Gasteiger partial charge in [0.15, 0.2) is 0 Å². The topological polar surface area (TPSA) is 95.1 Å². The Labute approximate surface area is 81.4 Å². The molecule has 14 heavy (non-hydrogen) atoms. The number of aromatic amines is 1. The number of hydrogen-bond donors (Lipinski definition) is 3. The molecular weight excluding hydrogens is 206 g/mol. The van der Waals surface area contributed by atoms with Crippen molar-refractivity contribution in [2.45, 2.75) is 23.3 Å². The minimum atomic E-state index is -3.53. The molecule has 7 heteroatoms. The summed E-state index contributed by atoms with van der Waals surface area (Å²) in [5.41, 5.74) is -0.629. The number of rotatable bonds is 4. The molecule has 0 aliphatic heterocycles. The normalized spacial score (nSPS) is 19.5. The van der Waals surface area contributed by atoms with E-state index in [9.17, 15) is 8.42 Å². The molecule has 0 bridgehead atoms. The first-order chi connectivity index (χ1) is 6.58. The van der Waals surface area contributed by atoms with Crippen LogP contribution in [0.25, 0.3) is 0 Å². The van der Waals surface area contributed by atoms with Gasteiger partial charge < -0.3 is 5.11 Å². The van der Waals surface area contributed by atoms with Crippen LogP contribution in [0, 0.1) is 0 Å². The van der Waals surface area contributed by atoms with Crippen molar-refractivity contribution in [1.82, 2.24) is 14.9 Å². The van der Waals surface area contributed by atoms with Crippen LogP contribution < -0.4 is 4.72 Å². The lowest BCUT2D eigenvalue weighted by Crippen LogP contribution is -2.39. The summed E-state index contributed by atoms with van der Waals surface area (Å²) in [4.78, 5) is 0.0947. The lowest BCUT2D eigenvalue weighted by atomic mass is 10.3. The third-order valence-electron chi connectivity index (χ3n) is 2.29. The molecular formula is C7H11N3O3S. The van der Waals surface area contributed by atoms with Crippen LogP contribution in [0.5, 0.6) is 0 Å². The zero-order chi connectivity index (χ0) is 10.2. The molecule has 78 valence electrons. The predicted octanol–water partition coefficient (Wildman–Crippen LogP) is -0.787. The first-order valence-corrected chi connectivity index (χ1v) is 5.70. The second-order valence-corrected chi connectivity index (χ2v) is 5.16. The first kappa shape index (κ1) is 9.63. The van der Waals surface area contributed by atoms with Crippen molar-refractivity contribution in [3.8, 4) is 0 Å². The van der Waals surface area contributed by atoms with E-state index >= 15 is 0 Å². The van der Waals surface area contributed by atoms with Crippen LogP contribution in [-0.4, -0.2) is 35.9 Å². The van der Waals surface area contributed by atoms with Crippen molar-refractivity contribution >= 4 is 10.0 Å². The second-order valence-electron chi connectivity index (χ2n) is 3.48. The smallest absolute Gasteiger partial charge is 0.244 e. The van der Waals surface area contributed by atoms with E-state index in [0.29, 0.717) is 12.8 Å². The maximum Gasteiger partial charge on any atom is 0.244 e. The number of aliphatic hydroxyl groups excluding tert-OH is 1. The molecule has 0 radical (unpaired) electrons. The Kier molecular flexibility index (Phi) is 2.09. The van der Waals surface area contributed by atoms with Crippen LogP contribution in [0.2, 0.25) is 0 Å². The zero-order valence-corrected chi connectivity index (χ0v) is 8.21. The van der Waals surface area contributed by atoms with Gasteiger partial charge in [-0.25, -0.2) is 13.1 Å². The maximum atomic E-state index is 11.6. The number of aliphatic hydroxyl groups is 1. The Hall–Kier alpha value is -0.920. The SMILES string of the molecule is O=S(=O)(NC1(CO)CC1)c1cn[nH]c1. The fourth-order valence-electron chi connectivity index (χ4n) is 1.17. The van der Waals surface area contributed by atoms with Crippen LogP contribution in [0.4, 0.5) is 0 Å². The molecule has 0 saturated heterocycles. The Bertz CT molecular complexity index is 407. The summed E-state index contributed by atoms with van der Waals surface area (Å²) < 4.78 is 25.7. The molecule has 1 saturated carbocycles. The van der Waals surface area contributed by atoms with Crippen LogP contribution in [0.15, 0.2) is 17.3 Å². The highest BCUT2D eigenvalue weighted by atomic mass is 32.2. The van der Waals surface area contributed by atoms with Crippen molar-refractivity contribution in [2.75, 3.05) is 6.61 Å². The molecule has 1 fully saturated rings. The van der Waals surface area contributed by atoms with Crippen molar-refractivity contribution in [2.24, 2.45) is 0 Å². The van der Waals surface area contributed by atoms with Gasteiger partial charge in [-0.05, 0) is 12.8 Å². The Morgan fingerprint density at radius 1 is 1.64 bits per heavy atom. The van der Waals surface area contributed by atoms with Gasteiger partial charge in [-0.2, -0.15) is 5.10 Å². The van der Waals surface area contributed by atoms with Crippen LogP contribution in [-0.2, 0) is 10.0 Å². The number of H-pyrrole nitrogens is 1. The van der Waals surface area contributed by atoms with E-state index in [4.69, 9.17) is 5.11 Å². The van der Waals surface area contributed by atoms with Gasteiger partial charge in [-0.1, -0.05) is 0 Å². The van der Waals surface area contributed by atoms with Crippen molar-refractivity contribution in [1.29, 1.82) is 0 Å². The van der Waals surface area contributed by atoms with E-state index in [1.807, 2.05) is 0 Å². The molecule has 1 aliphatic rings. The zero-order valence-electron chi connectivity index (χ0n) is 7.40. The molecule has 0 aromatic carbocycles. The van der Waals surface area contributed by atoms with Gasteiger partial charge in [0.05, 0.1) is 18.3 Å². The van der Waals surface area contributed by atoms with E-state index in [-0.39, 0.29) is 11.5 Å². The van der Waals surface area contributed by atoms with Crippen LogP contribution >= 0.6 is 0 Å². The summed E-state index contributed by atoms with van der Waals surface area (Å²) in [5, 5.41) is 15.0. The molecule has 2 rings (SSSR count). The van der Waals surface area contributed by atoms with E-state index in [1.165, 1.54) is 12.4 Å². The Morgan fingerprint density at radius 3 is 2.79 bits per heavy atom. The molecule has 0 amide bonds. The summed E-state index contributed by atoms with van der Waals surface area (Å²) >= 11 is 0. The summed E-state index contributed by atoms with van der Waals surface area (Å²) in [6, 6.07) is 0. The van der Waals surface area contributed by atoms with Crippen molar-refractivity contribution < 1.29 is 13.5 Å². The Balaban J connectivity index is 2.19. The lowest BCUT2D eigenvalue weighted by molar-refractivity contribution is 0.246. The van der Waals surface area contributed by atoms with E-state index < -0.39 is 15.6 Å². The third kappa shape index (κ3) is 1.66. The average molecular weight is 217 g/mol. The molecule has 0 atom stereocenters. The minimum absolute atomic E-state index is 0.0947. The van der Waals surface area contributed by atoms with E-state index in [1.54, 1.807) is 0 Å². The number of nitrogens with zero attached hydrogens (tertiary/aromatic N) is 1. The van der Waals surface area contributed by atoms with Gasteiger partial charge >= 0.3 is 0 Å². The maximum absolute atomic E-state index is 11.6. The minimum Gasteiger partial charge on any atom is -0.394 e. The van der Waals surface area contributed by atoms with Gasteiger partial charge in [0.1, 0.15) is 4.90 Å². The molecule has 6 nitrogen and oxygen atoms in total. The molecule has 3 N–H and O–H groups in total. The molecule has 1 aromatic heterocycles. The van der Waals surface area contributed by atoms with Gasteiger partial charge in [0, 0.05) is 6.20 Å². The number of sulfonamides is 1. The highest BCUT2D eigenvalue weighted by Crippen LogP contribution is 2.35. The second kappa shape index (κ2) is 3.04. The first-order valence-electron chi connectivity index (χ1n) is 4.22. The van der Waals surface area contributed by atoms with E-state index in [0.717, 1.165) is 0 Å². The molecule has 1 heterocycles. The fraction of sp³-hybridized carbons (Fsp3) is 0.571. The number of aromatic nitrogens is 2. The van der Waals surface area contributed by atoms with Crippen molar-refractivity contribution in [3.05, 3.63) is 12.4 Å². The number of nitrogens with one attached hydrogen (secondary N) is 2. The largest absolute Gasteiger partial charge is 0.394 e. The van der Waals surface area contributed by atoms with Crippen LogP contribution in [0.3, 0.4) is 0 Å². The van der Waals surface area contributed by atoms with Gasteiger partial charge in [-0.15, -0.1) is 0 Å². The standard InChI is InChI=1S/C7H11N3O3S/c11-5-7(1-2-7)10-14(12,13)6-3-8-9-4-6/h3-4,10-11H,1-2,5H2,(H,8,9). The molecule has 1 aromatic rings. The monoisotopic (exact) mass is 217 g/mol. The quantitative estimate of drug-likeness (QED) is 0.616. The third-order valence-corrected chi connectivity index (χ3v) is 3.84. The average Bonchev–Trinajstić information content (AvgIpc) is 2.70. The summed E-state index contributed by atoms with van der Waals surface area (Å²) in [5.74, 6) is 0. The molecule has 0 unspecified atom stereocenters. The van der Waals surface area contributed by atoms with Crippen molar-refractivity contribution in [3.63, 3.8) is 0 Å². The van der Waals surface area contributed by atoms with Crippen LogP contribution in [0.1, 0.15) is 12.8 Å². The number of hydrogen-bond acceptors (Lipinski definition) is 4. The fourth-order valence-corrected chi connectivity index (χ4v) is 2.53. The highest BCUT2D eigenvalue weighted by Gasteiger charge is 2.45. The lowest BCUT2D eigenvalue weighted by Gasteiger charge is -2.12. The predicted molar refractivity (Wildman–Crippen MR) is 48.0 cm³/mol. The summed E-state index contributed by atoms with van der Waals surface area (Å²) in [6.07, 6.45) is 3.90. The molecule has 0 spiro atoms.